The van der Waals surface area contributed by atoms with Gasteiger partial charge in [-0.15, -0.1) is 0 Å². The first kappa shape index (κ1) is 27.3. The van der Waals surface area contributed by atoms with Gasteiger partial charge in [-0.05, 0) is 37.6 Å². The Kier molecular flexibility index (Phi) is 7.53. The quantitative estimate of drug-likeness (QED) is 0.376. The maximum atomic E-state index is 13.0. The zero-order valence-electron chi connectivity index (χ0n) is 22.4. The van der Waals surface area contributed by atoms with Crippen molar-refractivity contribution in [1.29, 1.82) is 0 Å². The number of amides is 1. The monoisotopic (exact) mass is 552 g/mol. The van der Waals surface area contributed by atoms with Crippen molar-refractivity contribution in [2.75, 3.05) is 31.1 Å². The summed E-state index contributed by atoms with van der Waals surface area (Å²) in [4.78, 5) is 37.6. The second-order valence-electron chi connectivity index (χ2n) is 9.92. The summed E-state index contributed by atoms with van der Waals surface area (Å²) in [5, 5.41) is 9.67. The summed E-state index contributed by atoms with van der Waals surface area (Å²) in [6.07, 6.45) is 3.42. The van der Waals surface area contributed by atoms with E-state index in [-0.39, 0.29) is 29.8 Å². The Bertz CT molecular complexity index is 1600. The fraction of sp³-hybridized carbons (Fsp3) is 0.357. The minimum Gasteiger partial charge on any atom is -0.434 e. The second kappa shape index (κ2) is 11.0. The van der Waals surface area contributed by atoms with E-state index in [2.05, 4.69) is 9.97 Å². The number of carbonyl (C=O) groups is 1. The van der Waals surface area contributed by atoms with Crippen LogP contribution < -0.4 is 15.2 Å². The Balaban J connectivity index is 1.43. The Hall–Kier alpha value is -4.32. The van der Waals surface area contributed by atoms with Crippen LogP contribution in [0.2, 0.25) is 0 Å². The molecule has 1 atom stereocenters. The summed E-state index contributed by atoms with van der Waals surface area (Å²) < 4.78 is 34.0. The van der Waals surface area contributed by atoms with E-state index in [4.69, 9.17) is 4.74 Å². The predicted molar refractivity (Wildman–Crippen MR) is 146 cm³/mol. The number of anilines is 1. The summed E-state index contributed by atoms with van der Waals surface area (Å²) >= 11 is 0. The highest BCUT2D eigenvalue weighted by Gasteiger charge is 2.28. The van der Waals surface area contributed by atoms with Gasteiger partial charge in [-0.25, -0.2) is 9.97 Å². The summed E-state index contributed by atoms with van der Waals surface area (Å²) in [5.41, 5.74) is 3.38. The van der Waals surface area contributed by atoms with Gasteiger partial charge in [-0.3, -0.25) is 19.0 Å². The highest BCUT2D eigenvalue weighted by Crippen LogP contribution is 2.27. The summed E-state index contributed by atoms with van der Waals surface area (Å²) in [6, 6.07) is 10.3. The van der Waals surface area contributed by atoms with Crippen LogP contribution in [0.3, 0.4) is 0 Å². The van der Waals surface area contributed by atoms with Crippen molar-refractivity contribution >= 4 is 22.8 Å². The Morgan fingerprint density at radius 3 is 2.55 bits per heavy atom. The molecule has 0 spiro atoms. The number of hydrogen-bond donors (Lipinski definition) is 1. The zero-order chi connectivity index (χ0) is 28.6. The number of aliphatic hydroxyl groups excluding tert-OH is 1. The van der Waals surface area contributed by atoms with E-state index in [1.807, 2.05) is 30.9 Å². The fourth-order valence-electron chi connectivity index (χ4n) is 5.18. The molecule has 1 N–H and O–H groups in total. The van der Waals surface area contributed by atoms with E-state index in [1.165, 1.54) is 10.7 Å². The molecule has 1 aliphatic heterocycles. The van der Waals surface area contributed by atoms with Gasteiger partial charge in [0.25, 0.3) is 5.56 Å². The molecule has 1 amide bonds. The maximum Gasteiger partial charge on any atom is 0.387 e. The first-order valence-electron chi connectivity index (χ1n) is 12.9. The van der Waals surface area contributed by atoms with Gasteiger partial charge >= 0.3 is 6.61 Å². The number of aromatic nitrogens is 4. The molecule has 2 aromatic carbocycles. The smallest absolute Gasteiger partial charge is 0.387 e. The molecular weight excluding hydrogens is 522 g/mol. The van der Waals surface area contributed by atoms with Gasteiger partial charge in [0.15, 0.2) is 0 Å². The van der Waals surface area contributed by atoms with Gasteiger partial charge in [0.05, 0.1) is 17.4 Å². The van der Waals surface area contributed by atoms with E-state index in [1.54, 1.807) is 47.2 Å². The van der Waals surface area contributed by atoms with Gasteiger partial charge in [0.1, 0.15) is 12.4 Å². The Morgan fingerprint density at radius 1 is 1.12 bits per heavy atom. The largest absolute Gasteiger partial charge is 0.434 e. The van der Waals surface area contributed by atoms with Gasteiger partial charge < -0.3 is 19.6 Å². The SMILES string of the molecule is Cc1ccc(OC(F)F)c(Cn2c3cc(-c4cnc(N5CCN(C(=O)CO)C(C)C5)nc4)ccc3c(=O)n2C)c1. The molecule has 1 fully saturated rings. The van der Waals surface area contributed by atoms with Crippen LogP contribution in [0.1, 0.15) is 18.1 Å². The highest BCUT2D eigenvalue weighted by molar-refractivity contribution is 5.84. The summed E-state index contributed by atoms with van der Waals surface area (Å²) in [5.74, 6) is 0.305. The lowest BCUT2D eigenvalue weighted by molar-refractivity contribution is -0.136. The molecule has 12 heteroatoms. The van der Waals surface area contributed by atoms with Crippen LogP contribution in [0.4, 0.5) is 14.7 Å². The van der Waals surface area contributed by atoms with Gasteiger partial charge in [0, 0.05) is 56.2 Å². The first-order chi connectivity index (χ1) is 19.2. The number of rotatable bonds is 7. The van der Waals surface area contributed by atoms with Crippen molar-refractivity contribution in [3.8, 4) is 16.9 Å². The third-order valence-corrected chi connectivity index (χ3v) is 7.25. The van der Waals surface area contributed by atoms with E-state index >= 15 is 0 Å². The molecule has 10 nitrogen and oxygen atoms in total. The van der Waals surface area contributed by atoms with E-state index in [9.17, 15) is 23.5 Å². The Morgan fingerprint density at radius 2 is 1.88 bits per heavy atom. The molecule has 210 valence electrons. The molecule has 1 unspecified atom stereocenters. The zero-order valence-corrected chi connectivity index (χ0v) is 22.4. The molecule has 0 bridgehead atoms. The minimum absolute atomic E-state index is 0.0610. The summed E-state index contributed by atoms with van der Waals surface area (Å²) in [6.45, 7) is 2.03. The van der Waals surface area contributed by atoms with Crippen LogP contribution in [0.15, 0.2) is 53.6 Å². The molecule has 3 heterocycles. The predicted octanol–water partition coefficient (Wildman–Crippen LogP) is 2.78. The molecule has 1 saturated heterocycles. The molecule has 0 aliphatic carbocycles. The number of hydrogen-bond acceptors (Lipinski definition) is 7. The number of aryl methyl sites for hydroxylation is 1. The number of nitrogens with zero attached hydrogens (tertiary/aromatic N) is 6. The fourth-order valence-corrected chi connectivity index (χ4v) is 5.18. The van der Waals surface area contributed by atoms with Crippen molar-refractivity contribution < 1.29 is 23.4 Å². The molecule has 0 radical (unpaired) electrons. The van der Waals surface area contributed by atoms with Crippen molar-refractivity contribution in [3.63, 3.8) is 0 Å². The number of halogens is 2. The van der Waals surface area contributed by atoms with E-state index in [0.29, 0.717) is 42.0 Å². The lowest BCUT2D eigenvalue weighted by Crippen LogP contribution is -2.55. The standard InChI is InChI=1S/C28H30F2N6O4/c1-17-4-7-24(40-27(29)30)20(10-17)15-36-23-11-19(5-6-22(23)26(39)33(36)3)21-12-31-28(32-13-21)34-8-9-35(18(2)14-34)25(38)16-37/h4-7,10-13,18,27,37H,8-9,14-16H2,1-3H3. The average Bonchev–Trinajstić information content (AvgIpc) is 3.18. The molecular formula is C28H30F2N6O4. The van der Waals surface area contributed by atoms with Gasteiger partial charge in [-0.1, -0.05) is 23.8 Å². The van der Waals surface area contributed by atoms with Crippen LogP contribution in [-0.4, -0.2) is 74.1 Å². The van der Waals surface area contributed by atoms with Gasteiger partial charge in [-0.2, -0.15) is 8.78 Å². The number of alkyl halides is 2. The Labute approximate surface area is 229 Å². The van der Waals surface area contributed by atoms with Crippen LogP contribution >= 0.6 is 0 Å². The lowest BCUT2D eigenvalue weighted by atomic mass is 10.1. The van der Waals surface area contributed by atoms with E-state index in [0.717, 1.165) is 16.7 Å². The van der Waals surface area contributed by atoms with Crippen molar-refractivity contribution in [3.05, 3.63) is 70.3 Å². The highest BCUT2D eigenvalue weighted by atomic mass is 19.3. The van der Waals surface area contributed by atoms with Crippen LogP contribution in [-0.2, 0) is 18.4 Å². The van der Waals surface area contributed by atoms with Crippen molar-refractivity contribution in [2.45, 2.75) is 33.0 Å². The van der Waals surface area contributed by atoms with Crippen LogP contribution in [0.25, 0.3) is 22.0 Å². The van der Waals surface area contributed by atoms with Gasteiger partial charge in [0.2, 0.25) is 11.9 Å². The van der Waals surface area contributed by atoms with Crippen LogP contribution in [0, 0.1) is 6.92 Å². The van der Waals surface area contributed by atoms with Crippen molar-refractivity contribution in [1.82, 2.24) is 24.2 Å². The molecule has 4 aromatic rings. The molecule has 1 aliphatic rings. The minimum atomic E-state index is -2.96. The molecule has 0 saturated carbocycles. The number of aliphatic hydroxyl groups is 1. The third-order valence-electron chi connectivity index (χ3n) is 7.25. The average molecular weight is 553 g/mol. The molecule has 40 heavy (non-hydrogen) atoms. The second-order valence-corrected chi connectivity index (χ2v) is 9.92. The maximum absolute atomic E-state index is 13.0. The third kappa shape index (κ3) is 5.26. The lowest BCUT2D eigenvalue weighted by Gasteiger charge is -2.39. The topological polar surface area (TPSA) is 106 Å². The van der Waals surface area contributed by atoms with Crippen LogP contribution in [0.5, 0.6) is 5.75 Å². The number of piperazine rings is 1. The number of ether oxygens (including phenoxy) is 1. The normalized spacial score (nSPS) is 15.7. The molecule has 2 aromatic heterocycles. The number of fused-ring (bicyclic) bond motifs is 1. The molecule has 5 rings (SSSR count). The van der Waals surface area contributed by atoms with E-state index < -0.39 is 13.2 Å². The summed E-state index contributed by atoms with van der Waals surface area (Å²) in [7, 11) is 1.64. The number of benzene rings is 2. The number of carbonyl (C=O) groups excluding carboxylic acids is 1. The van der Waals surface area contributed by atoms with Crippen molar-refractivity contribution in [2.24, 2.45) is 7.05 Å². The first-order valence-corrected chi connectivity index (χ1v) is 12.9.